The number of carbonyl (C=O) groups excluding carboxylic acids is 4. The fourth-order valence-electron chi connectivity index (χ4n) is 3.17. The van der Waals surface area contributed by atoms with Crippen LogP contribution in [0.25, 0.3) is 0 Å². The molecule has 0 aliphatic rings. The Hall–Kier alpha value is -4.46. The van der Waals surface area contributed by atoms with Crippen molar-refractivity contribution < 1.29 is 34.2 Å². The van der Waals surface area contributed by atoms with Gasteiger partial charge in [-0.25, -0.2) is 9.78 Å². The van der Waals surface area contributed by atoms with Gasteiger partial charge in [-0.1, -0.05) is 12.1 Å². The summed E-state index contributed by atoms with van der Waals surface area (Å²) in [4.78, 5) is 66.8. The number of benzene rings is 1. The molecule has 0 aliphatic carbocycles. The number of imidazole rings is 1. The molecular formula is C22H29N7O7. The molecule has 0 spiro atoms. The Morgan fingerprint density at radius 2 is 1.69 bits per heavy atom. The second-order valence-corrected chi connectivity index (χ2v) is 8.00. The van der Waals surface area contributed by atoms with Crippen molar-refractivity contribution in [3.8, 4) is 5.75 Å². The number of nitrogens with zero attached hydrogens (tertiary/aromatic N) is 1. The molecule has 3 atom stereocenters. The predicted molar refractivity (Wildman–Crippen MR) is 125 cm³/mol. The Bertz CT molecular complexity index is 1060. The molecule has 2 aromatic rings. The molecule has 14 heteroatoms. The van der Waals surface area contributed by atoms with Crippen molar-refractivity contribution in [1.29, 1.82) is 0 Å². The molecule has 10 N–H and O–H groups in total. The highest BCUT2D eigenvalue weighted by molar-refractivity contribution is 5.93. The normalized spacial score (nSPS) is 13.1. The molecule has 0 radical (unpaired) electrons. The van der Waals surface area contributed by atoms with Gasteiger partial charge in [-0.05, 0) is 24.1 Å². The quantitative estimate of drug-likeness (QED) is 0.137. The van der Waals surface area contributed by atoms with Crippen molar-refractivity contribution in [2.75, 3.05) is 6.54 Å². The first kappa shape index (κ1) is 27.8. The van der Waals surface area contributed by atoms with Crippen molar-refractivity contribution in [3.63, 3.8) is 0 Å². The second-order valence-electron chi connectivity index (χ2n) is 8.00. The number of nitrogens with one attached hydrogen (secondary N) is 4. The van der Waals surface area contributed by atoms with Crippen LogP contribution in [-0.2, 0) is 36.8 Å². The molecule has 4 amide bonds. The number of phenols is 1. The average molecular weight is 504 g/mol. The maximum atomic E-state index is 12.8. The summed E-state index contributed by atoms with van der Waals surface area (Å²) in [6.07, 6.45) is 2.57. The maximum absolute atomic E-state index is 12.8. The molecule has 1 heterocycles. The van der Waals surface area contributed by atoms with Crippen LogP contribution in [0.4, 0.5) is 0 Å². The molecule has 194 valence electrons. The van der Waals surface area contributed by atoms with Crippen LogP contribution >= 0.6 is 0 Å². The third-order valence-corrected chi connectivity index (χ3v) is 5.08. The number of H-pyrrole nitrogens is 1. The minimum Gasteiger partial charge on any atom is -0.508 e. The van der Waals surface area contributed by atoms with Gasteiger partial charge in [0.2, 0.25) is 23.6 Å². The molecule has 0 saturated heterocycles. The Balaban J connectivity index is 1.96. The Morgan fingerprint density at radius 3 is 2.28 bits per heavy atom. The number of carbonyl (C=O) groups is 5. The summed E-state index contributed by atoms with van der Waals surface area (Å²) in [5.41, 5.74) is 12.1. The van der Waals surface area contributed by atoms with E-state index in [9.17, 15) is 34.2 Å². The number of primary amides is 1. The van der Waals surface area contributed by atoms with Crippen LogP contribution in [0.1, 0.15) is 24.1 Å². The number of hydrogen-bond acceptors (Lipinski definition) is 8. The zero-order valence-electron chi connectivity index (χ0n) is 19.3. The van der Waals surface area contributed by atoms with Gasteiger partial charge in [0.05, 0.1) is 18.9 Å². The minimum atomic E-state index is -1.35. The van der Waals surface area contributed by atoms with Gasteiger partial charge in [-0.3, -0.25) is 19.2 Å². The number of carboxylic acids is 1. The van der Waals surface area contributed by atoms with Gasteiger partial charge in [-0.15, -0.1) is 0 Å². The number of amides is 4. The molecule has 2 rings (SSSR count). The van der Waals surface area contributed by atoms with Gasteiger partial charge in [0, 0.05) is 31.2 Å². The molecule has 14 nitrogen and oxygen atoms in total. The zero-order chi connectivity index (χ0) is 26.7. The summed E-state index contributed by atoms with van der Waals surface area (Å²) >= 11 is 0. The summed E-state index contributed by atoms with van der Waals surface area (Å²) < 4.78 is 0. The van der Waals surface area contributed by atoms with E-state index in [1.165, 1.54) is 36.8 Å². The van der Waals surface area contributed by atoms with E-state index in [1.54, 1.807) is 0 Å². The molecule has 1 aromatic heterocycles. The first-order valence-electron chi connectivity index (χ1n) is 10.9. The SMILES string of the molecule is NC(=O)CCC(NC(=O)CNC(=O)C(N)Cc1cnc[nH]1)C(=O)NC(Cc1ccc(O)cc1)C(=O)O. The lowest BCUT2D eigenvalue weighted by molar-refractivity contribution is -0.142. The highest BCUT2D eigenvalue weighted by atomic mass is 16.4. The van der Waals surface area contributed by atoms with Crippen LogP contribution in [0.5, 0.6) is 5.75 Å². The lowest BCUT2D eigenvalue weighted by Crippen LogP contribution is -2.54. The monoisotopic (exact) mass is 503 g/mol. The minimum absolute atomic E-state index is 0.00163. The standard InChI is InChI=1S/C22H29N7O7/c23-15(8-13-9-25-11-27-13)20(33)26-10-19(32)28-16(5-6-18(24)31)21(34)29-17(22(35)36)7-12-1-3-14(30)4-2-12/h1-4,9,11,15-17,30H,5-8,10,23H2,(H2,24,31)(H,25,27)(H,26,33)(H,28,32)(H,29,34)(H,35,36). The maximum Gasteiger partial charge on any atom is 0.326 e. The molecule has 1 aromatic carbocycles. The third-order valence-electron chi connectivity index (χ3n) is 5.08. The second kappa shape index (κ2) is 13.4. The number of nitrogens with two attached hydrogens (primary N) is 2. The third kappa shape index (κ3) is 9.42. The lowest BCUT2D eigenvalue weighted by atomic mass is 10.0. The van der Waals surface area contributed by atoms with Crippen LogP contribution in [0.15, 0.2) is 36.8 Å². The summed E-state index contributed by atoms with van der Waals surface area (Å²) in [5.74, 6) is -4.27. The molecule has 0 saturated carbocycles. The summed E-state index contributed by atoms with van der Waals surface area (Å²) in [7, 11) is 0. The van der Waals surface area contributed by atoms with Crippen LogP contribution in [0.2, 0.25) is 0 Å². The van der Waals surface area contributed by atoms with Crippen LogP contribution in [0, 0.1) is 0 Å². The highest BCUT2D eigenvalue weighted by Crippen LogP contribution is 2.12. The summed E-state index contributed by atoms with van der Waals surface area (Å²) in [6, 6.07) is 2.16. The van der Waals surface area contributed by atoms with Crippen molar-refractivity contribution in [3.05, 3.63) is 48.0 Å². The summed E-state index contributed by atoms with van der Waals surface area (Å²) in [6.45, 7) is -0.508. The molecule has 3 unspecified atom stereocenters. The lowest BCUT2D eigenvalue weighted by Gasteiger charge is -2.21. The van der Waals surface area contributed by atoms with Gasteiger partial charge in [0.1, 0.15) is 17.8 Å². The van der Waals surface area contributed by atoms with Gasteiger partial charge in [0.15, 0.2) is 0 Å². The molecule has 36 heavy (non-hydrogen) atoms. The van der Waals surface area contributed by atoms with E-state index in [-0.39, 0.29) is 31.4 Å². The molecular weight excluding hydrogens is 474 g/mol. The topological polar surface area (TPSA) is 243 Å². The Kier molecular flexibility index (Phi) is 10.4. The van der Waals surface area contributed by atoms with E-state index in [0.717, 1.165) is 0 Å². The zero-order valence-corrected chi connectivity index (χ0v) is 19.3. The van der Waals surface area contributed by atoms with Crippen LogP contribution in [0.3, 0.4) is 0 Å². The van der Waals surface area contributed by atoms with Gasteiger partial charge in [0.25, 0.3) is 0 Å². The van der Waals surface area contributed by atoms with E-state index >= 15 is 0 Å². The number of aromatic nitrogens is 2. The Morgan fingerprint density at radius 1 is 1.00 bits per heavy atom. The van der Waals surface area contributed by atoms with Crippen LogP contribution < -0.4 is 27.4 Å². The molecule has 0 aliphatic heterocycles. The fourth-order valence-corrected chi connectivity index (χ4v) is 3.17. The number of hydrogen-bond donors (Lipinski definition) is 8. The predicted octanol–water partition coefficient (Wildman–Crippen LogP) is -2.34. The largest absolute Gasteiger partial charge is 0.508 e. The van der Waals surface area contributed by atoms with Crippen LogP contribution in [-0.4, -0.2) is 74.4 Å². The van der Waals surface area contributed by atoms with Gasteiger partial charge < -0.3 is 42.6 Å². The highest BCUT2D eigenvalue weighted by Gasteiger charge is 2.27. The average Bonchev–Trinajstić information content (AvgIpc) is 3.33. The van der Waals surface area contributed by atoms with E-state index < -0.39 is 54.3 Å². The number of aromatic amines is 1. The number of aliphatic carboxylic acids is 1. The number of aromatic hydroxyl groups is 1. The number of phenolic OH excluding ortho intramolecular Hbond substituents is 1. The van der Waals surface area contributed by atoms with Crippen molar-refractivity contribution in [1.82, 2.24) is 25.9 Å². The first-order valence-corrected chi connectivity index (χ1v) is 10.9. The fraction of sp³-hybridized carbons (Fsp3) is 0.364. The number of rotatable bonds is 14. The number of carboxylic acid groups (broad SMARTS) is 1. The van der Waals surface area contributed by atoms with Crippen molar-refractivity contribution >= 4 is 29.6 Å². The van der Waals surface area contributed by atoms with Crippen molar-refractivity contribution in [2.24, 2.45) is 11.5 Å². The van der Waals surface area contributed by atoms with E-state index in [2.05, 4.69) is 25.9 Å². The molecule has 0 bridgehead atoms. The van der Waals surface area contributed by atoms with Crippen molar-refractivity contribution in [2.45, 2.75) is 43.8 Å². The van der Waals surface area contributed by atoms with Gasteiger partial charge in [-0.2, -0.15) is 0 Å². The van der Waals surface area contributed by atoms with E-state index in [4.69, 9.17) is 11.5 Å². The molecule has 0 fully saturated rings. The first-order chi connectivity index (χ1) is 17.0. The summed E-state index contributed by atoms with van der Waals surface area (Å²) in [5, 5.41) is 25.9. The smallest absolute Gasteiger partial charge is 0.326 e. The van der Waals surface area contributed by atoms with E-state index in [1.807, 2.05) is 0 Å². The Labute approximate surface area is 205 Å². The van der Waals surface area contributed by atoms with Gasteiger partial charge >= 0.3 is 5.97 Å². The van der Waals surface area contributed by atoms with E-state index in [0.29, 0.717) is 11.3 Å².